The molecular weight excluding hydrogens is 166 g/mol. The molecule has 0 aliphatic heterocycles. The molecule has 0 spiro atoms. The summed E-state index contributed by atoms with van der Waals surface area (Å²) in [6, 6.07) is -0.229. The van der Waals surface area contributed by atoms with Crippen LogP contribution in [0.5, 0.6) is 0 Å². The quantitative estimate of drug-likeness (QED) is 0.648. The maximum atomic E-state index is 11.1. The molecule has 2 atom stereocenters. The summed E-state index contributed by atoms with van der Waals surface area (Å²) in [4.78, 5) is 0. The highest BCUT2D eigenvalue weighted by atomic mass is 16.5. The van der Waals surface area contributed by atoms with E-state index >= 15 is 0 Å². The number of rotatable bonds is 6. The van der Waals surface area contributed by atoms with Gasteiger partial charge in [-0.25, -0.2) is 0 Å². The molecule has 2 unspecified atom stereocenters. The average molecular weight is 188 g/mol. The molecule has 0 saturated heterocycles. The molecule has 3 heteroatoms. The topological polar surface area (TPSA) is 46.5 Å². The zero-order valence-corrected chi connectivity index (χ0v) is 9.16. The van der Waals surface area contributed by atoms with Crippen molar-refractivity contribution in [2.24, 2.45) is 5.92 Å². The van der Waals surface area contributed by atoms with E-state index in [1.165, 1.54) is 7.05 Å². The molecule has 0 aromatic heterocycles. The highest BCUT2D eigenvalue weighted by Gasteiger charge is 2.18. The smallest absolute Gasteiger partial charge is 0.0688 e. The first-order chi connectivity index (χ1) is 5.99. The molecule has 0 fully saturated rings. The molecule has 0 aliphatic rings. The number of hydrogen-bond donors (Lipinski definition) is 1. The van der Waals surface area contributed by atoms with E-state index in [0.717, 1.165) is 17.9 Å². The predicted octanol–water partition coefficient (Wildman–Crippen LogP) is 1.99. The van der Waals surface area contributed by atoms with Gasteiger partial charge < -0.3 is 15.4 Å². The van der Waals surface area contributed by atoms with Crippen molar-refractivity contribution in [3.63, 3.8) is 0 Å². The van der Waals surface area contributed by atoms with Gasteiger partial charge in [0, 0.05) is 6.04 Å². The van der Waals surface area contributed by atoms with Crippen molar-refractivity contribution >= 4 is 0 Å². The van der Waals surface area contributed by atoms with Crippen LogP contribution in [0.25, 0.3) is 0 Å². The Kier molecular flexibility index (Phi) is 6.29. The lowest BCUT2D eigenvalue weighted by molar-refractivity contribution is 0.0629. The van der Waals surface area contributed by atoms with E-state index in [1.807, 2.05) is 6.92 Å². The third kappa shape index (κ3) is 5.24. The number of hydroxylamine groups is 2. The fraction of sp³-hybridized carbons (Fsp3) is 1.00. The van der Waals surface area contributed by atoms with Gasteiger partial charge in [-0.3, -0.25) is 0 Å². The van der Waals surface area contributed by atoms with Gasteiger partial charge in [0.15, 0.2) is 0 Å². The van der Waals surface area contributed by atoms with Crippen molar-refractivity contribution < 1.29 is 5.11 Å². The molecule has 0 radical (unpaired) electrons. The maximum absolute atomic E-state index is 11.1. The van der Waals surface area contributed by atoms with Crippen LogP contribution < -0.4 is 0 Å². The maximum Gasteiger partial charge on any atom is 0.0688 e. The van der Waals surface area contributed by atoms with Crippen molar-refractivity contribution in [3.05, 3.63) is 5.21 Å². The fourth-order valence-corrected chi connectivity index (χ4v) is 1.55. The highest BCUT2D eigenvalue weighted by Crippen LogP contribution is 2.15. The summed E-state index contributed by atoms with van der Waals surface area (Å²) in [5.41, 5.74) is 0. The van der Waals surface area contributed by atoms with E-state index in [-0.39, 0.29) is 6.04 Å². The minimum absolute atomic E-state index is 0.229. The van der Waals surface area contributed by atoms with Crippen LogP contribution in [-0.4, -0.2) is 29.4 Å². The van der Waals surface area contributed by atoms with Gasteiger partial charge in [0.25, 0.3) is 0 Å². The second kappa shape index (κ2) is 6.35. The number of aliphatic hydroxyl groups is 1. The molecule has 0 aromatic rings. The molecule has 0 saturated carbocycles. The van der Waals surface area contributed by atoms with Crippen molar-refractivity contribution in [1.82, 2.24) is 5.06 Å². The van der Waals surface area contributed by atoms with Crippen LogP contribution in [0.3, 0.4) is 0 Å². The van der Waals surface area contributed by atoms with E-state index in [4.69, 9.17) is 0 Å². The molecule has 3 nitrogen and oxygen atoms in total. The molecule has 0 heterocycles. The summed E-state index contributed by atoms with van der Waals surface area (Å²) in [6.45, 7) is 6.13. The van der Waals surface area contributed by atoms with Crippen LogP contribution in [-0.2, 0) is 0 Å². The van der Waals surface area contributed by atoms with Crippen LogP contribution in [0.1, 0.15) is 40.0 Å². The fourth-order valence-electron chi connectivity index (χ4n) is 1.55. The number of nitrogens with zero attached hydrogens (tertiary/aromatic N) is 1. The van der Waals surface area contributed by atoms with Crippen LogP contribution in [0.4, 0.5) is 0 Å². The van der Waals surface area contributed by atoms with Crippen LogP contribution in [0.15, 0.2) is 0 Å². The average Bonchev–Trinajstić information content (AvgIpc) is 1.97. The summed E-state index contributed by atoms with van der Waals surface area (Å²) >= 11 is 0. The SMILES string of the molecule is CCCC(C(O)CC(C)C)N(C)[O-]. The second-order valence-corrected chi connectivity index (χ2v) is 4.10. The Bertz CT molecular complexity index is 126. The van der Waals surface area contributed by atoms with Gasteiger partial charge in [0.2, 0.25) is 0 Å². The van der Waals surface area contributed by atoms with Gasteiger partial charge in [-0.1, -0.05) is 27.2 Å². The minimum atomic E-state index is -0.484. The molecule has 0 aliphatic carbocycles. The predicted molar refractivity (Wildman–Crippen MR) is 55.3 cm³/mol. The molecule has 0 amide bonds. The summed E-state index contributed by atoms with van der Waals surface area (Å²) in [6.07, 6.45) is 1.93. The summed E-state index contributed by atoms with van der Waals surface area (Å²) in [5.74, 6) is 0.439. The Hall–Kier alpha value is -0.120. The van der Waals surface area contributed by atoms with E-state index in [2.05, 4.69) is 13.8 Å². The Morgan fingerprint density at radius 1 is 1.38 bits per heavy atom. The summed E-state index contributed by atoms with van der Waals surface area (Å²) < 4.78 is 0. The molecule has 13 heavy (non-hydrogen) atoms. The van der Waals surface area contributed by atoms with E-state index in [9.17, 15) is 10.3 Å². The van der Waals surface area contributed by atoms with Crippen molar-refractivity contribution in [3.8, 4) is 0 Å². The van der Waals surface area contributed by atoms with Gasteiger partial charge in [-0.05, 0) is 25.8 Å². The van der Waals surface area contributed by atoms with Gasteiger partial charge in [-0.2, -0.15) is 0 Å². The number of likely N-dealkylation sites (N-methyl/N-ethyl adjacent to an activating group) is 1. The highest BCUT2D eigenvalue weighted by molar-refractivity contribution is 4.77. The van der Waals surface area contributed by atoms with E-state index in [0.29, 0.717) is 12.3 Å². The molecule has 0 aromatic carbocycles. The lowest BCUT2D eigenvalue weighted by atomic mass is 9.97. The second-order valence-electron chi connectivity index (χ2n) is 4.10. The largest absolute Gasteiger partial charge is 0.785 e. The first-order valence-electron chi connectivity index (χ1n) is 5.07. The zero-order chi connectivity index (χ0) is 10.4. The molecular formula is C10H22NO2-. The molecule has 1 N–H and O–H groups in total. The van der Waals surface area contributed by atoms with Crippen molar-refractivity contribution in [2.45, 2.75) is 52.2 Å². The van der Waals surface area contributed by atoms with Crippen LogP contribution in [0, 0.1) is 11.1 Å². The van der Waals surface area contributed by atoms with Gasteiger partial charge >= 0.3 is 0 Å². The minimum Gasteiger partial charge on any atom is -0.785 e. The first kappa shape index (κ1) is 12.9. The van der Waals surface area contributed by atoms with Crippen molar-refractivity contribution in [1.29, 1.82) is 0 Å². The standard InChI is InChI=1S/C10H22NO2/c1-5-6-9(11(4)13)10(12)7-8(2)3/h8-10,12H,5-7H2,1-4H3/q-1. The monoisotopic (exact) mass is 188 g/mol. The Labute approximate surface area is 81.3 Å². The number of aliphatic hydroxyl groups excluding tert-OH is 1. The normalized spacial score (nSPS) is 16.6. The Morgan fingerprint density at radius 3 is 2.23 bits per heavy atom. The van der Waals surface area contributed by atoms with E-state index < -0.39 is 6.10 Å². The third-order valence-electron chi connectivity index (χ3n) is 2.21. The summed E-state index contributed by atoms with van der Waals surface area (Å²) in [5, 5.41) is 21.7. The molecule has 80 valence electrons. The first-order valence-corrected chi connectivity index (χ1v) is 5.07. The lowest BCUT2D eigenvalue weighted by Crippen LogP contribution is -2.38. The van der Waals surface area contributed by atoms with Gasteiger partial charge in [0.05, 0.1) is 6.10 Å². The Morgan fingerprint density at radius 2 is 1.92 bits per heavy atom. The van der Waals surface area contributed by atoms with Gasteiger partial charge in [0.1, 0.15) is 0 Å². The van der Waals surface area contributed by atoms with Gasteiger partial charge in [-0.15, -0.1) is 0 Å². The lowest BCUT2D eigenvalue weighted by Gasteiger charge is -2.37. The summed E-state index contributed by atoms with van der Waals surface area (Å²) in [7, 11) is 1.49. The zero-order valence-electron chi connectivity index (χ0n) is 9.16. The van der Waals surface area contributed by atoms with Crippen molar-refractivity contribution in [2.75, 3.05) is 7.05 Å². The number of hydrogen-bond acceptors (Lipinski definition) is 3. The van der Waals surface area contributed by atoms with Crippen LogP contribution >= 0.6 is 0 Å². The van der Waals surface area contributed by atoms with E-state index in [1.54, 1.807) is 0 Å². The Balaban J connectivity index is 4.02. The third-order valence-corrected chi connectivity index (χ3v) is 2.21. The van der Waals surface area contributed by atoms with Crippen LogP contribution in [0.2, 0.25) is 0 Å². The molecule has 0 rings (SSSR count). The molecule has 0 bridgehead atoms.